The molecule has 0 atom stereocenters. The highest BCUT2D eigenvalue weighted by Crippen LogP contribution is 2.29. The topological polar surface area (TPSA) is 68.0 Å². The van der Waals surface area contributed by atoms with Crippen LogP contribution in [0.1, 0.15) is 11.3 Å². The van der Waals surface area contributed by atoms with Gasteiger partial charge >= 0.3 is 0 Å². The minimum atomic E-state index is 0.683. The van der Waals surface area contributed by atoms with Crippen molar-refractivity contribution in [1.82, 2.24) is 24.3 Å². The Hall–Kier alpha value is -2.80. The monoisotopic (exact) mass is 322 g/mol. The van der Waals surface area contributed by atoms with Gasteiger partial charge in [-0.3, -0.25) is 4.40 Å². The van der Waals surface area contributed by atoms with E-state index in [1.54, 1.807) is 17.5 Å². The highest BCUT2D eigenvalue weighted by Gasteiger charge is 2.14. The normalized spacial score (nSPS) is 11.0. The largest absolute Gasteiger partial charge is 0.316 e. The predicted octanol–water partition coefficient (Wildman–Crippen LogP) is 3.61. The first kappa shape index (κ1) is 13.8. The predicted molar refractivity (Wildman–Crippen MR) is 91.1 cm³/mol. The summed E-state index contributed by atoms with van der Waals surface area (Å²) in [6.45, 7) is 3.98. The van der Waals surface area contributed by atoms with Crippen LogP contribution in [0.4, 0.5) is 10.9 Å². The van der Waals surface area contributed by atoms with Crippen molar-refractivity contribution >= 4 is 28.1 Å². The number of rotatable bonds is 3. The van der Waals surface area contributed by atoms with Crippen LogP contribution in [0.25, 0.3) is 17.2 Å². The van der Waals surface area contributed by atoms with Crippen molar-refractivity contribution in [2.45, 2.75) is 13.8 Å². The zero-order chi connectivity index (χ0) is 15.8. The molecule has 6 nitrogen and oxygen atoms in total. The summed E-state index contributed by atoms with van der Waals surface area (Å²) in [4.78, 5) is 17.8. The van der Waals surface area contributed by atoms with E-state index in [1.165, 1.54) is 0 Å². The molecule has 0 unspecified atom stereocenters. The number of nitrogens with zero attached hydrogens (tertiary/aromatic N) is 5. The molecule has 0 spiro atoms. The first-order valence-corrected chi connectivity index (χ1v) is 8.04. The molecule has 0 saturated heterocycles. The summed E-state index contributed by atoms with van der Waals surface area (Å²) in [5.41, 5.74) is 3.88. The standard InChI is InChI=1S/C16H14N6S/c1-10-4-5-13(18-8-10)21-16-20-12(9-23-16)14-11(2)19-15-17-6-3-7-22(14)15/h3-9H,1-2H3,(H,18,20,21). The molecule has 0 fully saturated rings. The molecule has 0 amide bonds. The molecule has 0 aliphatic heterocycles. The maximum atomic E-state index is 4.66. The smallest absolute Gasteiger partial charge is 0.234 e. The van der Waals surface area contributed by atoms with Crippen molar-refractivity contribution in [1.29, 1.82) is 0 Å². The fourth-order valence-electron chi connectivity index (χ4n) is 2.40. The summed E-state index contributed by atoms with van der Waals surface area (Å²) in [5.74, 6) is 1.47. The molecule has 4 heterocycles. The molecule has 0 radical (unpaired) electrons. The highest BCUT2D eigenvalue weighted by atomic mass is 32.1. The van der Waals surface area contributed by atoms with Gasteiger partial charge in [-0.25, -0.2) is 19.9 Å². The van der Waals surface area contributed by atoms with Gasteiger partial charge < -0.3 is 5.32 Å². The second-order valence-electron chi connectivity index (χ2n) is 5.22. The minimum Gasteiger partial charge on any atom is -0.316 e. The molecule has 23 heavy (non-hydrogen) atoms. The summed E-state index contributed by atoms with van der Waals surface area (Å²) in [6.07, 6.45) is 5.52. The van der Waals surface area contributed by atoms with Gasteiger partial charge in [0, 0.05) is 24.0 Å². The van der Waals surface area contributed by atoms with Crippen LogP contribution in [0.15, 0.2) is 42.2 Å². The van der Waals surface area contributed by atoms with E-state index in [1.807, 2.05) is 54.2 Å². The molecule has 114 valence electrons. The van der Waals surface area contributed by atoms with Gasteiger partial charge in [0.15, 0.2) is 5.13 Å². The molecule has 0 bridgehead atoms. The zero-order valence-electron chi connectivity index (χ0n) is 12.7. The summed E-state index contributed by atoms with van der Waals surface area (Å²) < 4.78 is 1.96. The number of imidazole rings is 1. The molecule has 4 aromatic rings. The lowest BCUT2D eigenvalue weighted by Gasteiger charge is -2.01. The van der Waals surface area contributed by atoms with Gasteiger partial charge in [-0.2, -0.15) is 0 Å². The quantitative estimate of drug-likeness (QED) is 0.624. The number of hydrogen-bond donors (Lipinski definition) is 1. The van der Waals surface area contributed by atoms with E-state index >= 15 is 0 Å². The van der Waals surface area contributed by atoms with E-state index in [9.17, 15) is 0 Å². The van der Waals surface area contributed by atoms with E-state index in [0.717, 1.165) is 33.6 Å². The number of fused-ring (bicyclic) bond motifs is 1. The SMILES string of the molecule is Cc1ccc(Nc2nc(-c3c(C)nc4ncccn34)cs2)nc1. The van der Waals surface area contributed by atoms with Gasteiger partial charge in [-0.15, -0.1) is 11.3 Å². The van der Waals surface area contributed by atoms with Gasteiger partial charge in [-0.05, 0) is 31.5 Å². The lowest BCUT2D eigenvalue weighted by molar-refractivity contribution is 1.11. The third-order valence-electron chi connectivity index (χ3n) is 3.47. The van der Waals surface area contributed by atoms with Crippen LogP contribution in [0.2, 0.25) is 0 Å². The molecule has 4 rings (SSSR count). The Bertz CT molecular complexity index is 970. The third-order valence-corrected chi connectivity index (χ3v) is 4.23. The van der Waals surface area contributed by atoms with Crippen LogP contribution in [0, 0.1) is 13.8 Å². The van der Waals surface area contributed by atoms with Crippen molar-refractivity contribution < 1.29 is 0 Å². The number of hydrogen-bond acceptors (Lipinski definition) is 6. The van der Waals surface area contributed by atoms with Crippen molar-refractivity contribution in [2.75, 3.05) is 5.32 Å². The van der Waals surface area contributed by atoms with Crippen LogP contribution in [0.3, 0.4) is 0 Å². The van der Waals surface area contributed by atoms with Crippen LogP contribution in [-0.4, -0.2) is 24.3 Å². The molecule has 4 aromatic heterocycles. The Balaban J connectivity index is 1.69. The van der Waals surface area contributed by atoms with Crippen LogP contribution in [0.5, 0.6) is 0 Å². The average molecular weight is 322 g/mol. The molecule has 0 saturated carbocycles. The summed E-state index contributed by atoms with van der Waals surface area (Å²) >= 11 is 1.54. The number of anilines is 2. The van der Waals surface area contributed by atoms with Crippen molar-refractivity contribution in [3.8, 4) is 11.4 Å². The van der Waals surface area contributed by atoms with Crippen LogP contribution in [-0.2, 0) is 0 Å². The fourth-order valence-corrected chi connectivity index (χ4v) is 3.10. The Morgan fingerprint density at radius 2 is 2.04 bits per heavy atom. The third kappa shape index (κ3) is 2.55. The summed E-state index contributed by atoms with van der Waals surface area (Å²) in [5, 5.41) is 6.05. The molecular formula is C16H14N6S. The minimum absolute atomic E-state index is 0.683. The lowest BCUT2D eigenvalue weighted by atomic mass is 10.3. The number of pyridine rings is 1. The number of nitrogens with one attached hydrogen (secondary N) is 1. The van der Waals surface area contributed by atoms with Crippen LogP contribution >= 0.6 is 11.3 Å². The Morgan fingerprint density at radius 3 is 2.87 bits per heavy atom. The van der Waals surface area contributed by atoms with Gasteiger partial charge in [0.05, 0.1) is 11.4 Å². The van der Waals surface area contributed by atoms with E-state index in [4.69, 9.17) is 0 Å². The second-order valence-corrected chi connectivity index (χ2v) is 6.08. The Labute approximate surface area is 136 Å². The van der Waals surface area contributed by atoms with E-state index in [2.05, 4.69) is 25.3 Å². The zero-order valence-corrected chi connectivity index (χ0v) is 13.5. The van der Waals surface area contributed by atoms with Crippen LogP contribution < -0.4 is 5.32 Å². The molecular weight excluding hydrogens is 308 g/mol. The molecule has 0 aliphatic carbocycles. The fraction of sp³-hybridized carbons (Fsp3) is 0.125. The molecule has 1 N–H and O–H groups in total. The first-order valence-electron chi connectivity index (χ1n) is 7.16. The van der Waals surface area contributed by atoms with Crippen molar-refractivity contribution in [3.63, 3.8) is 0 Å². The number of aryl methyl sites for hydroxylation is 2. The van der Waals surface area contributed by atoms with Gasteiger partial charge in [0.2, 0.25) is 5.78 Å². The maximum Gasteiger partial charge on any atom is 0.234 e. The first-order chi connectivity index (χ1) is 11.2. The van der Waals surface area contributed by atoms with E-state index in [0.29, 0.717) is 5.78 Å². The average Bonchev–Trinajstić information content (AvgIpc) is 3.12. The van der Waals surface area contributed by atoms with E-state index in [-0.39, 0.29) is 0 Å². The second kappa shape index (κ2) is 5.44. The van der Waals surface area contributed by atoms with Gasteiger partial charge in [0.1, 0.15) is 11.5 Å². The summed E-state index contributed by atoms with van der Waals surface area (Å²) in [6, 6.07) is 5.85. The lowest BCUT2D eigenvalue weighted by Crippen LogP contribution is -1.94. The Morgan fingerprint density at radius 1 is 1.13 bits per heavy atom. The van der Waals surface area contributed by atoms with E-state index < -0.39 is 0 Å². The maximum absolute atomic E-state index is 4.66. The molecule has 0 aliphatic rings. The summed E-state index contributed by atoms with van der Waals surface area (Å²) in [7, 11) is 0. The van der Waals surface area contributed by atoms with Gasteiger partial charge in [0.25, 0.3) is 0 Å². The van der Waals surface area contributed by atoms with Crippen molar-refractivity contribution in [2.24, 2.45) is 0 Å². The van der Waals surface area contributed by atoms with Crippen molar-refractivity contribution in [3.05, 3.63) is 53.4 Å². The number of aromatic nitrogens is 5. The number of thiazole rings is 1. The highest BCUT2D eigenvalue weighted by molar-refractivity contribution is 7.14. The van der Waals surface area contributed by atoms with Gasteiger partial charge in [-0.1, -0.05) is 6.07 Å². The molecule has 0 aromatic carbocycles. The Kier molecular flexibility index (Phi) is 3.27. The molecule has 7 heteroatoms.